The molecular weight excluding hydrogens is 398 g/mol. The minimum atomic E-state index is -1.82. The van der Waals surface area contributed by atoms with Crippen molar-refractivity contribution in [3.05, 3.63) is 78.0 Å². The molecule has 0 spiro atoms. The molecule has 0 atom stereocenters. The lowest BCUT2D eigenvalue weighted by atomic mass is 10.1. The van der Waals surface area contributed by atoms with Crippen LogP contribution in [0.15, 0.2) is 61.2 Å². The zero-order valence-electron chi connectivity index (χ0n) is 17.5. The number of allylic oxidation sites excluding steroid dienone is 1. The molecule has 3 rings (SSSR count). The first kappa shape index (κ1) is 23.4. The van der Waals surface area contributed by atoms with Crippen LogP contribution in [0.5, 0.6) is 11.5 Å². The number of carboxylic acid groups (broad SMARTS) is 2. The van der Waals surface area contributed by atoms with E-state index in [-0.39, 0.29) is 0 Å². The van der Waals surface area contributed by atoms with Crippen molar-refractivity contribution < 1.29 is 29.3 Å². The van der Waals surface area contributed by atoms with E-state index < -0.39 is 11.9 Å². The lowest BCUT2D eigenvalue weighted by Crippen LogP contribution is -2.10. The fourth-order valence-corrected chi connectivity index (χ4v) is 2.80. The second kappa shape index (κ2) is 11.3. The Hall–Kier alpha value is -3.87. The summed E-state index contributed by atoms with van der Waals surface area (Å²) in [7, 11) is 0. The molecule has 0 unspecified atom stereocenters. The quantitative estimate of drug-likeness (QED) is 0.333. The molecule has 7 heteroatoms. The average Bonchev–Trinajstić information content (AvgIpc) is 2.73. The van der Waals surface area contributed by atoms with Gasteiger partial charge in [0.15, 0.2) is 0 Å². The molecule has 3 aromatic rings. The fourth-order valence-electron chi connectivity index (χ4n) is 2.80. The molecule has 0 amide bonds. The largest absolute Gasteiger partial charge is 0.490 e. The van der Waals surface area contributed by atoms with Crippen molar-refractivity contribution in [1.29, 1.82) is 0 Å². The molecule has 0 saturated carbocycles. The maximum atomic E-state index is 9.10. The van der Waals surface area contributed by atoms with Crippen LogP contribution in [0.25, 0.3) is 10.9 Å². The maximum Gasteiger partial charge on any atom is 0.414 e. The summed E-state index contributed by atoms with van der Waals surface area (Å²) in [5.74, 6) is -1.97. The van der Waals surface area contributed by atoms with Crippen LogP contribution in [-0.4, -0.2) is 40.3 Å². The topological polar surface area (TPSA) is 106 Å². The number of aliphatic carboxylic acids is 2. The molecule has 0 fully saturated rings. The smallest absolute Gasteiger partial charge is 0.414 e. The van der Waals surface area contributed by atoms with Crippen molar-refractivity contribution in [1.82, 2.24) is 4.98 Å². The van der Waals surface area contributed by atoms with Gasteiger partial charge in [0.1, 0.15) is 30.2 Å². The fraction of sp³-hybridized carbons (Fsp3) is 0.208. The molecule has 1 heterocycles. The highest BCUT2D eigenvalue weighted by molar-refractivity contribution is 6.27. The number of hydrogen-bond acceptors (Lipinski definition) is 5. The third kappa shape index (κ3) is 7.15. The molecular formula is C24H25NO6. The molecule has 0 bridgehead atoms. The van der Waals surface area contributed by atoms with E-state index in [1.165, 1.54) is 5.56 Å². The van der Waals surface area contributed by atoms with Crippen LogP contribution in [0.4, 0.5) is 0 Å². The predicted octanol–water partition coefficient (Wildman–Crippen LogP) is 4.19. The Morgan fingerprint density at radius 1 is 0.968 bits per heavy atom. The zero-order valence-corrected chi connectivity index (χ0v) is 17.5. The van der Waals surface area contributed by atoms with Gasteiger partial charge in [-0.1, -0.05) is 42.0 Å². The number of hydrogen-bond donors (Lipinski definition) is 2. The second-order valence-electron chi connectivity index (χ2n) is 6.69. The van der Waals surface area contributed by atoms with E-state index in [0.717, 1.165) is 40.1 Å². The van der Waals surface area contributed by atoms with Gasteiger partial charge in [-0.2, -0.15) is 0 Å². The van der Waals surface area contributed by atoms with E-state index in [1.807, 2.05) is 43.3 Å². The molecule has 31 heavy (non-hydrogen) atoms. The molecule has 1 aromatic heterocycles. The molecule has 0 aliphatic rings. The van der Waals surface area contributed by atoms with Crippen LogP contribution < -0.4 is 9.47 Å². The lowest BCUT2D eigenvalue weighted by molar-refractivity contribution is -0.159. The number of carboxylic acids is 2. The van der Waals surface area contributed by atoms with Gasteiger partial charge in [-0.15, -0.1) is 6.58 Å². The molecule has 2 aromatic carbocycles. The van der Waals surface area contributed by atoms with Gasteiger partial charge < -0.3 is 19.7 Å². The van der Waals surface area contributed by atoms with Crippen molar-refractivity contribution in [2.45, 2.75) is 20.3 Å². The Morgan fingerprint density at radius 2 is 1.65 bits per heavy atom. The van der Waals surface area contributed by atoms with E-state index in [2.05, 4.69) is 36.7 Å². The molecule has 162 valence electrons. The Kier molecular flexibility index (Phi) is 8.57. The first-order valence-electron chi connectivity index (χ1n) is 9.60. The number of carbonyl (C=O) groups is 2. The molecule has 7 nitrogen and oxygen atoms in total. The molecule has 0 saturated heterocycles. The Labute approximate surface area is 180 Å². The Balaban J connectivity index is 0.000000501. The van der Waals surface area contributed by atoms with Crippen LogP contribution in [-0.2, 0) is 16.0 Å². The van der Waals surface area contributed by atoms with Gasteiger partial charge in [0.05, 0.1) is 0 Å². The predicted molar refractivity (Wildman–Crippen MR) is 118 cm³/mol. The number of ether oxygens (including phenoxy) is 2. The number of rotatable bonds is 7. The Bertz CT molecular complexity index is 1060. The normalized spacial score (nSPS) is 10.0. The summed E-state index contributed by atoms with van der Waals surface area (Å²) in [6, 6.07) is 16.2. The Morgan fingerprint density at radius 3 is 2.29 bits per heavy atom. The summed E-state index contributed by atoms with van der Waals surface area (Å²) in [5.41, 5.74) is 4.24. The van der Waals surface area contributed by atoms with Crippen LogP contribution in [0.3, 0.4) is 0 Å². The maximum absolute atomic E-state index is 9.10. The highest BCUT2D eigenvalue weighted by Gasteiger charge is 2.06. The first-order valence-corrected chi connectivity index (χ1v) is 9.60. The van der Waals surface area contributed by atoms with E-state index in [0.29, 0.717) is 13.2 Å². The number of nitrogens with zero attached hydrogens (tertiary/aromatic N) is 1. The minimum Gasteiger partial charge on any atom is -0.490 e. The highest BCUT2D eigenvalue weighted by atomic mass is 16.5. The number of benzene rings is 2. The minimum absolute atomic E-state index is 0.468. The summed E-state index contributed by atoms with van der Waals surface area (Å²) in [5, 5.41) is 15.9. The highest BCUT2D eigenvalue weighted by Crippen LogP contribution is 2.24. The molecule has 0 radical (unpaired) electrons. The lowest BCUT2D eigenvalue weighted by Gasteiger charge is -2.13. The second-order valence-corrected chi connectivity index (χ2v) is 6.69. The number of fused-ring (bicyclic) bond motifs is 1. The van der Waals surface area contributed by atoms with Gasteiger partial charge >= 0.3 is 11.9 Å². The van der Waals surface area contributed by atoms with Crippen molar-refractivity contribution in [3.8, 4) is 11.5 Å². The molecule has 0 aliphatic carbocycles. The zero-order chi connectivity index (χ0) is 22.8. The van der Waals surface area contributed by atoms with Crippen LogP contribution in [0.1, 0.15) is 16.8 Å². The van der Waals surface area contributed by atoms with Crippen LogP contribution in [0.2, 0.25) is 0 Å². The van der Waals surface area contributed by atoms with E-state index in [4.69, 9.17) is 29.3 Å². The van der Waals surface area contributed by atoms with Crippen molar-refractivity contribution >= 4 is 22.8 Å². The number of aryl methyl sites for hydroxylation is 2. The van der Waals surface area contributed by atoms with Gasteiger partial charge in [-0.25, -0.2) is 14.6 Å². The van der Waals surface area contributed by atoms with Crippen molar-refractivity contribution in [2.75, 3.05) is 13.2 Å². The average molecular weight is 423 g/mol. The van der Waals surface area contributed by atoms with Gasteiger partial charge in [-0.05, 0) is 44.0 Å². The van der Waals surface area contributed by atoms with Gasteiger partial charge in [0.25, 0.3) is 0 Å². The van der Waals surface area contributed by atoms with Gasteiger partial charge in [-0.3, -0.25) is 0 Å². The van der Waals surface area contributed by atoms with Crippen LogP contribution >= 0.6 is 0 Å². The monoisotopic (exact) mass is 423 g/mol. The van der Waals surface area contributed by atoms with Crippen molar-refractivity contribution in [3.63, 3.8) is 0 Å². The standard InChI is InChI=1S/C22H23NO2.C2H2O4/c1-4-6-19-15-16(2)9-12-20(19)24-13-14-25-21-8-5-7-18-11-10-17(3)23-22(18)21;3-1(4)2(5)6/h4-5,7-12,15H,1,6,13-14H2,2-3H3;(H,3,4)(H,5,6). The number of para-hydroxylation sites is 1. The van der Waals surface area contributed by atoms with E-state index in [1.54, 1.807) is 0 Å². The van der Waals surface area contributed by atoms with Crippen LogP contribution in [0, 0.1) is 13.8 Å². The summed E-state index contributed by atoms with van der Waals surface area (Å²) >= 11 is 0. The first-order chi connectivity index (χ1) is 14.8. The third-order valence-corrected chi connectivity index (χ3v) is 4.18. The molecule has 0 aliphatic heterocycles. The summed E-state index contributed by atoms with van der Waals surface area (Å²) in [6.07, 6.45) is 2.69. The summed E-state index contributed by atoms with van der Waals surface area (Å²) in [6.45, 7) is 8.82. The number of pyridine rings is 1. The SMILES string of the molecule is C=CCc1cc(C)ccc1OCCOc1cccc2ccc(C)nc12.O=C(O)C(=O)O. The van der Waals surface area contributed by atoms with Gasteiger partial charge in [0.2, 0.25) is 0 Å². The molecule has 2 N–H and O–H groups in total. The van der Waals surface area contributed by atoms with E-state index >= 15 is 0 Å². The summed E-state index contributed by atoms with van der Waals surface area (Å²) in [4.78, 5) is 22.8. The third-order valence-electron chi connectivity index (χ3n) is 4.18. The number of aromatic nitrogens is 1. The van der Waals surface area contributed by atoms with Gasteiger partial charge in [0, 0.05) is 11.1 Å². The van der Waals surface area contributed by atoms with E-state index in [9.17, 15) is 0 Å². The summed E-state index contributed by atoms with van der Waals surface area (Å²) < 4.78 is 11.8. The van der Waals surface area contributed by atoms with Crippen molar-refractivity contribution in [2.24, 2.45) is 0 Å².